The number of nitrogens with zero attached hydrogens (tertiary/aromatic N) is 1. The zero-order valence-corrected chi connectivity index (χ0v) is 13.5. The molecule has 2 fully saturated rings. The molecule has 1 aromatic carbocycles. The summed E-state index contributed by atoms with van der Waals surface area (Å²) in [5, 5.41) is 15.5. The first-order valence-corrected chi connectivity index (χ1v) is 8.13. The van der Waals surface area contributed by atoms with Crippen molar-refractivity contribution < 1.29 is 24.0 Å². The minimum atomic E-state index is -0.894. The number of non-ortho nitro benzene ring substituents is 1. The Morgan fingerprint density at radius 1 is 1.28 bits per heavy atom. The first kappa shape index (κ1) is 17.3. The number of carbonyl (C=O) groups is 2. The van der Waals surface area contributed by atoms with E-state index in [2.05, 4.69) is 10.6 Å². The average Bonchev–Trinajstić information content (AvgIpc) is 3.23. The number of benzene rings is 1. The van der Waals surface area contributed by atoms with E-state index in [1.807, 2.05) is 0 Å². The van der Waals surface area contributed by atoms with Gasteiger partial charge in [-0.2, -0.15) is 0 Å². The molecule has 1 atom stereocenters. The summed E-state index contributed by atoms with van der Waals surface area (Å²) < 4.78 is 11.6. The second-order valence-corrected chi connectivity index (χ2v) is 6.14. The number of nitro groups is 1. The molecular weight excluding hydrogens is 330 g/mol. The summed E-state index contributed by atoms with van der Waals surface area (Å²) in [4.78, 5) is 33.9. The van der Waals surface area contributed by atoms with E-state index in [0.717, 1.165) is 25.7 Å². The number of amides is 2. The normalized spacial score (nSPS) is 21.2. The molecule has 1 saturated carbocycles. The van der Waals surface area contributed by atoms with Crippen molar-refractivity contribution in [1.29, 1.82) is 0 Å². The highest BCUT2D eigenvalue weighted by molar-refractivity contribution is 6.39. The van der Waals surface area contributed by atoms with Gasteiger partial charge in [-0.3, -0.25) is 19.7 Å². The maximum absolute atomic E-state index is 11.9. The lowest BCUT2D eigenvalue weighted by atomic mass is 10.2. The highest BCUT2D eigenvalue weighted by Crippen LogP contribution is 2.38. The van der Waals surface area contributed by atoms with Crippen molar-refractivity contribution in [1.82, 2.24) is 5.32 Å². The minimum Gasteiger partial charge on any atom is -0.347 e. The van der Waals surface area contributed by atoms with E-state index < -0.39 is 22.5 Å². The largest absolute Gasteiger partial charge is 0.347 e. The lowest BCUT2D eigenvalue weighted by molar-refractivity contribution is -0.384. The second kappa shape index (κ2) is 7.16. The number of nitro benzene ring substituents is 1. The zero-order chi connectivity index (χ0) is 17.9. The molecule has 1 aliphatic heterocycles. The van der Waals surface area contributed by atoms with Crippen LogP contribution >= 0.6 is 0 Å². The van der Waals surface area contributed by atoms with E-state index >= 15 is 0 Å². The lowest BCUT2D eigenvalue weighted by Crippen LogP contribution is -2.40. The van der Waals surface area contributed by atoms with Crippen molar-refractivity contribution in [3.05, 3.63) is 34.4 Å². The second-order valence-electron chi connectivity index (χ2n) is 6.14. The van der Waals surface area contributed by atoms with Crippen LogP contribution in [0.15, 0.2) is 24.3 Å². The number of rotatable bonds is 4. The zero-order valence-electron chi connectivity index (χ0n) is 13.5. The molecule has 0 unspecified atom stereocenters. The molecule has 1 saturated heterocycles. The Morgan fingerprint density at radius 3 is 2.76 bits per heavy atom. The van der Waals surface area contributed by atoms with Gasteiger partial charge in [-0.15, -0.1) is 0 Å². The number of hydrogen-bond donors (Lipinski definition) is 2. The molecule has 3 rings (SSSR count). The number of carbonyl (C=O) groups excluding carboxylic acids is 2. The van der Waals surface area contributed by atoms with Gasteiger partial charge in [0.15, 0.2) is 5.79 Å². The standard InChI is InChI=1S/C16H19N3O6/c20-14(15(21)18-11-4-3-5-12(8-11)19(22)23)17-9-13-10-24-16(25-13)6-1-2-7-16/h3-5,8,13H,1-2,6-7,9-10H2,(H,17,20)(H,18,21)/t13-/m1/s1. The lowest BCUT2D eigenvalue weighted by Gasteiger charge is -2.21. The summed E-state index contributed by atoms with van der Waals surface area (Å²) in [5.74, 6) is -2.24. The van der Waals surface area contributed by atoms with Crippen molar-refractivity contribution in [3.8, 4) is 0 Å². The van der Waals surface area contributed by atoms with Gasteiger partial charge in [-0.1, -0.05) is 6.07 Å². The quantitative estimate of drug-likeness (QED) is 0.481. The fraction of sp³-hybridized carbons (Fsp3) is 0.500. The summed E-state index contributed by atoms with van der Waals surface area (Å²) in [6.07, 6.45) is 3.54. The highest BCUT2D eigenvalue weighted by atomic mass is 16.7. The Kier molecular flexibility index (Phi) is 4.95. The van der Waals surface area contributed by atoms with Crippen LogP contribution in [0.4, 0.5) is 11.4 Å². The summed E-state index contributed by atoms with van der Waals surface area (Å²) in [7, 11) is 0. The predicted octanol–water partition coefficient (Wildman–Crippen LogP) is 1.34. The van der Waals surface area contributed by atoms with E-state index in [1.54, 1.807) is 0 Å². The van der Waals surface area contributed by atoms with E-state index in [-0.39, 0.29) is 24.0 Å². The van der Waals surface area contributed by atoms with Gasteiger partial charge >= 0.3 is 11.8 Å². The van der Waals surface area contributed by atoms with Gasteiger partial charge in [0.25, 0.3) is 5.69 Å². The Bertz CT molecular complexity index is 686. The van der Waals surface area contributed by atoms with Gasteiger partial charge in [0.2, 0.25) is 0 Å². The topological polar surface area (TPSA) is 120 Å². The smallest absolute Gasteiger partial charge is 0.313 e. The summed E-state index contributed by atoms with van der Waals surface area (Å²) >= 11 is 0. The van der Waals surface area contributed by atoms with Crippen molar-refractivity contribution in [2.24, 2.45) is 0 Å². The minimum absolute atomic E-state index is 0.170. The Balaban J connectivity index is 1.47. The number of ether oxygens (including phenoxy) is 2. The maximum atomic E-state index is 11.9. The van der Waals surface area contributed by atoms with Crippen LogP contribution < -0.4 is 10.6 Å². The third-order valence-corrected chi connectivity index (χ3v) is 4.29. The van der Waals surface area contributed by atoms with Gasteiger partial charge in [0.1, 0.15) is 6.10 Å². The first-order chi connectivity index (χ1) is 12.0. The van der Waals surface area contributed by atoms with Crippen LogP contribution in [0, 0.1) is 10.1 Å². The predicted molar refractivity (Wildman–Crippen MR) is 86.8 cm³/mol. The van der Waals surface area contributed by atoms with Gasteiger partial charge in [0.05, 0.1) is 11.5 Å². The van der Waals surface area contributed by atoms with Crippen LogP contribution in [0.1, 0.15) is 25.7 Å². The number of anilines is 1. The van der Waals surface area contributed by atoms with Crippen LogP contribution in [-0.2, 0) is 19.1 Å². The van der Waals surface area contributed by atoms with E-state index in [0.29, 0.717) is 6.61 Å². The van der Waals surface area contributed by atoms with Gasteiger partial charge in [0, 0.05) is 37.2 Å². The Morgan fingerprint density at radius 2 is 2.04 bits per heavy atom. The van der Waals surface area contributed by atoms with Crippen LogP contribution in [0.3, 0.4) is 0 Å². The molecule has 134 valence electrons. The number of hydrogen-bond acceptors (Lipinski definition) is 6. The van der Waals surface area contributed by atoms with E-state index in [1.165, 1.54) is 24.3 Å². The van der Waals surface area contributed by atoms with Crippen LogP contribution in [0.5, 0.6) is 0 Å². The van der Waals surface area contributed by atoms with Gasteiger partial charge in [-0.25, -0.2) is 0 Å². The summed E-state index contributed by atoms with van der Waals surface area (Å²) in [5.41, 5.74) is 0.0104. The first-order valence-electron chi connectivity index (χ1n) is 8.13. The van der Waals surface area contributed by atoms with Crippen molar-refractivity contribution >= 4 is 23.2 Å². The molecule has 0 bridgehead atoms. The molecule has 2 aliphatic rings. The fourth-order valence-corrected chi connectivity index (χ4v) is 3.06. The van der Waals surface area contributed by atoms with Crippen molar-refractivity contribution in [2.45, 2.75) is 37.6 Å². The molecule has 2 N–H and O–H groups in total. The van der Waals surface area contributed by atoms with Crippen LogP contribution in [0.25, 0.3) is 0 Å². The van der Waals surface area contributed by atoms with E-state index in [9.17, 15) is 19.7 Å². The highest BCUT2D eigenvalue weighted by Gasteiger charge is 2.43. The van der Waals surface area contributed by atoms with Crippen molar-refractivity contribution in [2.75, 3.05) is 18.5 Å². The van der Waals surface area contributed by atoms with Gasteiger partial charge in [-0.05, 0) is 18.9 Å². The molecule has 1 aromatic rings. The van der Waals surface area contributed by atoms with Crippen molar-refractivity contribution in [3.63, 3.8) is 0 Å². The third-order valence-electron chi connectivity index (χ3n) is 4.29. The molecule has 1 spiro atoms. The molecule has 2 amide bonds. The fourth-order valence-electron chi connectivity index (χ4n) is 3.06. The molecule has 1 heterocycles. The number of nitrogens with one attached hydrogen (secondary N) is 2. The molecule has 0 radical (unpaired) electrons. The molecule has 25 heavy (non-hydrogen) atoms. The molecule has 0 aromatic heterocycles. The van der Waals surface area contributed by atoms with E-state index in [4.69, 9.17) is 9.47 Å². The third kappa shape index (κ3) is 4.12. The SMILES string of the molecule is O=C(NC[C@@H]1COC2(CCCC2)O1)C(=O)Nc1cccc([N+](=O)[O-])c1. The maximum Gasteiger partial charge on any atom is 0.313 e. The summed E-state index contributed by atoms with van der Waals surface area (Å²) in [6.45, 7) is 0.551. The molecule has 1 aliphatic carbocycles. The van der Waals surface area contributed by atoms with Crippen LogP contribution in [0.2, 0.25) is 0 Å². The average molecular weight is 349 g/mol. The Hall–Kier alpha value is -2.52. The van der Waals surface area contributed by atoms with Gasteiger partial charge < -0.3 is 20.1 Å². The molecular formula is C16H19N3O6. The molecule has 9 heteroatoms. The van der Waals surface area contributed by atoms with Crippen LogP contribution in [-0.4, -0.2) is 41.8 Å². The monoisotopic (exact) mass is 349 g/mol. The molecule has 9 nitrogen and oxygen atoms in total. The Labute approximate surface area is 143 Å². The summed E-state index contributed by atoms with van der Waals surface area (Å²) in [6, 6.07) is 5.38.